The van der Waals surface area contributed by atoms with Crippen molar-refractivity contribution in [3.63, 3.8) is 0 Å². The molecule has 0 unspecified atom stereocenters. The van der Waals surface area contributed by atoms with E-state index < -0.39 is 22.5 Å². The molecular weight excluding hydrogens is 466 g/mol. The van der Waals surface area contributed by atoms with E-state index in [0.29, 0.717) is 22.7 Å². The molecule has 2 amide bonds. The predicted molar refractivity (Wildman–Crippen MR) is 136 cm³/mol. The van der Waals surface area contributed by atoms with Crippen LogP contribution in [0.1, 0.15) is 30.6 Å². The Morgan fingerprint density at radius 1 is 0.943 bits per heavy atom. The van der Waals surface area contributed by atoms with Gasteiger partial charge in [-0.05, 0) is 61.9 Å². The van der Waals surface area contributed by atoms with Crippen molar-refractivity contribution in [1.82, 2.24) is 5.32 Å². The fraction of sp³-hybridized carbons (Fsp3) is 0.231. The van der Waals surface area contributed by atoms with Crippen molar-refractivity contribution in [2.45, 2.75) is 31.2 Å². The number of hydrogen-bond acceptors (Lipinski definition) is 5. The molecule has 2 N–H and O–H groups in total. The zero-order valence-electron chi connectivity index (χ0n) is 19.9. The van der Waals surface area contributed by atoms with Crippen molar-refractivity contribution < 1.29 is 22.7 Å². The van der Waals surface area contributed by atoms with Crippen LogP contribution in [0.15, 0.2) is 83.8 Å². The Morgan fingerprint density at radius 2 is 1.57 bits per heavy atom. The van der Waals surface area contributed by atoms with Crippen LogP contribution in [0.2, 0.25) is 0 Å². The normalized spacial score (nSPS) is 11.9. The van der Waals surface area contributed by atoms with Crippen molar-refractivity contribution in [3.05, 3.63) is 84.4 Å². The number of anilines is 2. The Morgan fingerprint density at radius 3 is 2.20 bits per heavy atom. The first-order valence-corrected chi connectivity index (χ1v) is 12.6. The van der Waals surface area contributed by atoms with Gasteiger partial charge in [-0.1, -0.05) is 37.3 Å². The van der Waals surface area contributed by atoms with Crippen LogP contribution in [0.4, 0.5) is 11.4 Å². The highest BCUT2D eigenvalue weighted by molar-refractivity contribution is 7.92. The second kappa shape index (κ2) is 11.5. The van der Waals surface area contributed by atoms with E-state index in [9.17, 15) is 18.0 Å². The SMILES string of the molecule is CC[C@H](C)NC(=O)c1ccccc1NC(=O)CN(c1ccc(OC)cc1)S(=O)(=O)c1ccccc1. The highest BCUT2D eigenvalue weighted by atomic mass is 32.2. The third-order valence-corrected chi connectivity index (χ3v) is 7.20. The molecule has 0 heterocycles. The van der Waals surface area contributed by atoms with E-state index in [1.54, 1.807) is 66.7 Å². The van der Waals surface area contributed by atoms with Gasteiger partial charge in [0.15, 0.2) is 0 Å². The number of ether oxygens (including phenoxy) is 1. The summed E-state index contributed by atoms with van der Waals surface area (Å²) in [5.74, 6) is -0.361. The largest absolute Gasteiger partial charge is 0.497 e. The maximum absolute atomic E-state index is 13.5. The van der Waals surface area contributed by atoms with Crippen LogP contribution in [-0.4, -0.2) is 39.9 Å². The standard InChI is InChI=1S/C26H29N3O5S/c1-4-19(2)27-26(31)23-12-8-9-13-24(23)28-25(30)18-29(20-14-16-21(34-3)17-15-20)35(32,33)22-10-6-5-7-11-22/h5-17,19H,4,18H2,1-3H3,(H,27,31)(H,28,30)/t19-/m0/s1. The summed E-state index contributed by atoms with van der Waals surface area (Å²) < 4.78 is 33.1. The molecule has 0 saturated heterocycles. The molecule has 0 aliphatic heterocycles. The van der Waals surface area contributed by atoms with Crippen LogP contribution in [0, 0.1) is 0 Å². The molecule has 0 saturated carbocycles. The zero-order chi connectivity index (χ0) is 25.4. The third kappa shape index (κ3) is 6.39. The highest BCUT2D eigenvalue weighted by Crippen LogP contribution is 2.26. The number of rotatable bonds is 10. The second-order valence-electron chi connectivity index (χ2n) is 7.90. The summed E-state index contributed by atoms with van der Waals surface area (Å²) in [6.07, 6.45) is 0.758. The van der Waals surface area contributed by atoms with E-state index in [0.717, 1.165) is 10.7 Å². The monoisotopic (exact) mass is 495 g/mol. The smallest absolute Gasteiger partial charge is 0.264 e. The second-order valence-corrected chi connectivity index (χ2v) is 9.76. The van der Waals surface area contributed by atoms with Crippen molar-refractivity contribution >= 4 is 33.2 Å². The van der Waals surface area contributed by atoms with Crippen LogP contribution < -0.4 is 19.7 Å². The molecule has 8 nitrogen and oxygen atoms in total. The number of methoxy groups -OCH3 is 1. The fourth-order valence-electron chi connectivity index (χ4n) is 3.30. The maximum Gasteiger partial charge on any atom is 0.264 e. The summed E-state index contributed by atoms with van der Waals surface area (Å²) in [5.41, 5.74) is 0.890. The molecule has 35 heavy (non-hydrogen) atoms. The molecule has 3 rings (SSSR count). The van der Waals surface area contributed by atoms with Gasteiger partial charge in [0, 0.05) is 6.04 Å². The average Bonchev–Trinajstić information content (AvgIpc) is 2.88. The van der Waals surface area contributed by atoms with E-state index in [2.05, 4.69) is 10.6 Å². The van der Waals surface area contributed by atoms with Crippen molar-refractivity contribution in [3.8, 4) is 5.75 Å². The number of nitrogens with zero attached hydrogens (tertiary/aromatic N) is 1. The number of hydrogen-bond donors (Lipinski definition) is 2. The van der Waals surface area contributed by atoms with Gasteiger partial charge in [0.05, 0.1) is 28.9 Å². The number of para-hydroxylation sites is 1. The Balaban J connectivity index is 1.90. The van der Waals surface area contributed by atoms with E-state index >= 15 is 0 Å². The van der Waals surface area contributed by atoms with Gasteiger partial charge in [-0.25, -0.2) is 8.42 Å². The molecule has 0 bridgehead atoms. The van der Waals surface area contributed by atoms with Gasteiger partial charge in [-0.15, -0.1) is 0 Å². The van der Waals surface area contributed by atoms with Gasteiger partial charge >= 0.3 is 0 Å². The van der Waals surface area contributed by atoms with Crippen molar-refractivity contribution in [2.24, 2.45) is 0 Å². The first kappa shape index (κ1) is 25.8. The summed E-state index contributed by atoms with van der Waals surface area (Å²) >= 11 is 0. The molecule has 0 fully saturated rings. The van der Waals surface area contributed by atoms with Gasteiger partial charge in [0.2, 0.25) is 5.91 Å². The predicted octanol–water partition coefficient (Wildman–Crippen LogP) is 4.06. The maximum atomic E-state index is 13.5. The lowest BCUT2D eigenvalue weighted by Crippen LogP contribution is -2.38. The van der Waals surface area contributed by atoms with E-state index in [1.807, 2.05) is 13.8 Å². The Hall–Kier alpha value is -3.85. The van der Waals surface area contributed by atoms with Crippen LogP contribution in [0.5, 0.6) is 5.75 Å². The molecule has 0 radical (unpaired) electrons. The molecule has 0 spiro atoms. The molecule has 184 valence electrons. The molecule has 1 atom stereocenters. The molecule has 0 aliphatic rings. The third-order valence-electron chi connectivity index (χ3n) is 5.41. The van der Waals surface area contributed by atoms with E-state index in [1.165, 1.54) is 19.2 Å². The van der Waals surface area contributed by atoms with Crippen LogP contribution in [0.3, 0.4) is 0 Å². The van der Waals surface area contributed by atoms with Gasteiger partial charge in [-0.3, -0.25) is 13.9 Å². The number of sulfonamides is 1. The molecule has 3 aromatic rings. The van der Waals surface area contributed by atoms with Gasteiger partial charge in [0.1, 0.15) is 12.3 Å². The molecular formula is C26H29N3O5S. The number of amides is 2. The molecule has 0 aromatic heterocycles. The van der Waals surface area contributed by atoms with Crippen LogP contribution in [0.25, 0.3) is 0 Å². The first-order chi connectivity index (χ1) is 16.8. The number of carbonyl (C=O) groups excluding carboxylic acids is 2. The Labute approximate surface area is 206 Å². The van der Waals surface area contributed by atoms with E-state index in [-0.39, 0.29) is 16.8 Å². The van der Waals surface area contributed by atoms with Crippen molar-refractivity contribution in [2.75, 3.05) is 23.3 Å². The van der Waals surface area contributed by atoms with Gasteiger partial charge < -0.3 is 15.4 Å². The summed E-state index contributed by atoms with van der Waals surface area (Å²) in [6, 6.07) is 20.8. The summed E-state index contributed by atoms with van der Waals surface area (Å²) in [7, 11) is -2.54. The Kier molecular flexibility index (Phi) is 8.48. The van der Waals surface area contributed by atoms with Crippen molar-refractivity contribution in [1.29, 1.82) is 0 Å². The quantitative estimate of drug-likeness (QED) is 0.441. The minimum atomic E-state index is -4.05. The summed E-state index contributed by atoms with van der Waals surface area (Å²) in [6.45, 7) is 3.35. The molecule has 3 aromatic carbocycles. The van der Waals surface area contributed by atoms with Gasteiger partial charge in [0.25, 0.3) is 15.9 Å². The molecule has 0 aliphatic carbocycles. The molecule has 9 heteroatoms. The lowest BCUT2D eigenvalue weighted by Gasteiger charge is -2.24. The lowest BCUT2D eigenvalue weighted by molar-refractivity contribution is -0.114. The fourth-order valence-corrected chi connectivity index (χ4v) is 4.74. The average molecular weight is 496 g/mol. The van der Waals surface area contributed by atoms with Crippen LogP contribution >= 0.6 is 0 Å². The summed E-state index contributed by atoms with van der Waals surface area (Å²) in [4.78, 5) is 25.8. The topological polar surface area (TPSA) is 105 Å². The first-order valence-electron chi connectivity index (χ1n) is 11.2. The Bertz CT molecular complexity index is 1260. The van der Waals surface area contributed by atoms with Crippen LogP contribution in [-0.2, 0) is 14.8 Å². The lowest BCUT2D eigenvalue weighted by atomic mass is 10.1. The number of benzene rings is 3. The minimum Gasteiger partial charge on any atom is -0.497 e. The highest BCUT2D eigenvalue weighted by Gasteiger charge is 2.27. The minimum absolute atomic E-state index is 0.0344. The summed E-state index contributed by atoms with van der Waals surface area (Å²) in [5, 5.41) is 5.57. The number of nitrogens with one attached hydrogen (secondary N) is 2. The number of carbonyl (C=O) groups is 2. The van der Waals surface area contributed by atoms with E-state index in [4.69, 9.17) is 4.74 Å². The zero-order valence-corrected chi connectivity index (χ0v) is 20.7. The van der Waals surface area contributed by atoms with Gasteiger partial charge in [-0.2, -0.15) is 0 Å².